The molecule has 1 saturated heterocycles. The number of thioether (sulfide) groups is 1. The maximum atomic E-state index is 11.9. The number of nitrogens with zero attached hydrogens (tertiary/aromatic N) is 1. The second-order valence-corrected chi connectivity index (χ2v) is 7.66. The quantitative estimate of drug-likeness (QED) is 0.494. The van der Waals surface area contributed by atoms with E-state index in [1.165, 1.54) is 11.3 Å². The molecule has 0 atom stereocenters. The second kappa shape index (κ2) is 9.48. The number of hydrogen-bond acceptors (Lipinski definition) is 8. The summed E-state index contributed by atoms with van der Waals surface area (Å²) in [5, 5.41) is 2.13. The molecular weight excluding hydrogens is 380 g/mol. The van der Waals surface area contributed by atoms with Gasteiger partial charge in [-0.15, -0.1) is 11.3 Å². The summed E-state index contributed by atoms with van der Waals surface area (Å²) in [6, 6.07) is 3.55. The van der Waals surface area contributed by atoms with Gasteiger partial charge in [-0.25, -0.2) is 0 Å². The Hall–Kier alpha value is -2.20. The predicted molar refractivity (Wildman–Crippen MR) is 96.2 cm³/mol. The van der Waals surface area contributed by atoms with Crippen molar-refractivity contribution in [2.75, 3.05) is 25.4 Å². The Morgan fingerprint density at radius 2 is 2.00 bits per heavy atom. The summed E-state index contributed by atoms with van der Waals surface area (Å²) < 4.78 is 4.81. The van der Waals surface area contributed by atoms with E-state index in [0.717, 1.165) is 21.5 Å². The highest BCUT2D eigenvalue weighted by atomic mass is 32.2. The third-order valence-corrected chi connectivity index (χ3v) is 5.33. The van der Waals surface area contributed by atoms with E-state index in [0.29, 0.717) is 4.88 Å². The number of rotatable bonds is 9. The normalized spacial score (nSPS) is 13.8. The lowest BCUT2D eigenvalue weighted by Gasteiger charge is -2.13. The van der Waals surface area contributed by atoms with E-state index in [4.69, 9.17) is 4.74 Å². The minimum Gasteiger partial charge on any atom is -0.456 e. The summed E-state index contributed by atoms with van der Waals surface area (Å²) in [5.74, 6) is -1.48. The maximum Gasteiger partial charge on any atom is 0.306 e. The number of imide groups is 1. The third-order valence-electron chi connectivity index (χ3n) is 3.43. The molecule has 8 nitrogen and oxygen atoms in total. The molecule has 0 saturated carbocycles. The van der Waals surface area contributed by atoms with Crippen molar-refractivity contribution in [1.82, 2.24) is 10.2 Å². The van der Waals surface area contributed by atoms with E-state index < -0.39 is 18.5 Å². The number of ether oxygens (including phenoxy) is 1. The fraction of sp³-hybridized carbons (Fsp3) is 0.438. The minimum atomic E-state index is -0.636. The number of carbonyl (C=O) groups excluding carboxylic acids is 5. The van der Waals surface area contributed by atoms with Crippen LogP contribution in [0.4, 0.5) is 4.79 Å². The lowest BCUT2D eigenvalue weighted by atomic mass is 10.2. The van der Waals surface area contributed by atoms with Crippen molar-refractivity contribution in [2.45, 2.75) is 19.8 Å². The molecule has 2 rings (SSSR count). The van der Waals surface area contributed by atoms with Crippen LogP contribution >= 0.6 is 23.1 Å². The van der Waals surface area contributed by atoms with Gasteiger partial charge in [0.15, 0.2) is 12.4 Å². The van der Waals surface area contributed by atoms with Crippen LogP contribution in [0.3, 0.4) is 0 Å². The molecule has 1 N–H and O–H groups in total. The fourth-order valence-corrected chi connectivity index (χ4v) is 3.68. The Morgan fingerprint density at radius 1 is 1.23 bits per heavy atom. The van der Waals surface area contributed by atoms with Gasteiger partial charge in [-0.05, 0) is 19.1 Å². The third kappa shape index (κ3) is 5.95. The van der Waals surface area contributed by atoms with Gasteiger partial charge in [0.25, 0.3) is 11.1 Å². The first kappa shape index (κ1) is 20.1. The van der Waals surface area contributed by atoms with Gasteiger partial charge in [0.05, 0.1) is 17.1 Å². The lowest BCUT2D eigenvalue weighted by Crippen LogP contribution is -2.38. The van der Waals surface area contributed by atoms with Crippen LogP contribution in [0.25, 0.3) is 0 Å². The van der Waals surface area contributed by atoms with Crippen LogP contribution in [-0.2, 0) is 19.1 Å². The first-order chi connectivity index (χ1) is 12.4. The number of esters is 1. The van der Waals surface area contributed by atoms with E-state index in [1.54, 1.807) is 6.07 Å². The van der Waals surface area contributed by atoms with Crippen molar-refractivity contribution in [1.29, 1.82) is 0 Å². The molecule has 1 fully saturated rings. The summed E-state index contributed by atoms with van der Waals surface area (Å²) in [5.41, 5.74) is 0. The highest BCUT2D eigenvalue weighted by molar-refractivity contribution is 8.14. The summed E-state index contributed by atoms with van der Waals surface area (Å²) in [6.07, 6.45) is -0.0751. The Labute approximate surface area is 158 Å². The zero-order chi connectivity index (χ0) is 19.1. The number of aryl methyl sites for hydroxylation is 1. The van der Waals surface area contributed by atoms with Crippen molar-refractivity contribution in [3.8, 4) is 0 Å². The standard InChI is InChI=1S/C16H18N2O6S2/c1-10-2-4-12(26-10)11(19)3-5-15(22)24-8-13(20)17-6-7-18-14(21)9-25-16(18)23/h2,4H,3,5-9H2,1H3,(H,17,20). The second-order valence-electron chi connectivity index (χ2n) is 5.44. The first-order valence-corrected chi connectivity index (χ1v) is 9.66. The van der Waals surface area contributed by atoms with Crippen molar-refractivity contribution in [3.05, 3.63) is 21.9 Å². The molecule has 0 bridgehead atoms. The Bertz CT molecular complexity index is 714. The monoisotopic (exact) mass is 398 g/mol. The SMILES string of the molecule is Cc1ccc(C(=O)CCC(=O)OCC(=O)NCCN2C(=O)CSC2=O)s1. The van der Waals surface area contributed by atoms with E-state index >= 15 is 0 Å². The van der Waals surface area contributed by atoms with Gasteiger partial charge in [-0.1, -0.05) is 11.8 Å². The summed E-state index contributed by atoms with van der Waals surface area (Å²) in [7, 11) is 0. The minimum absolute atomic E-state index is 0.0251. The zero-order valence-electron chi connectivity index (χ0n) is 14.1. The van der Waals surface area contributed by atoms with Crippen LogP contribution in [-0.4, -0.2) is 59.2 Å². The number of ketones is 1. The molecule has 2 heterocycles. The number of hydrogen-bond donors (Lipinski definition) is 1. The van der Waals surface area contributed by atoms with E-state index in [-0.39, 0.29) is 48.6 Å². The topological polar surface area (TPSA) is 110 Å². The van der Waals surface area contributed by atoms with Crippen molar-refractivity contribution in [2.24, 2.45) is 0 Å². The van der Waals surface area contributed by atoms with Gasteiger partial charge in [0.1, 0.15) is 0 Å². The molecule has 1 aliphatic heterocycles. The molecule has 0 unspecified atom stereocenters. The van der Waals surface area contributed by atoms with Gasteiger partial charge in [-0.2, -0.15) is 0 Å². The van der Waals surface area contributed by atoms with Crippen LogP contribution in [0.15, 0.2) is 12.1 Å². The van der Waals surface area contributed by atoms with E-state index in [1.807, 2.05) is 13.0 Å². The van der Waals surface area contributed by atoms with Gasteiger partial charge in [0.2, 0.25) is 5.91 Å². The van der Waals surface area contributed by atoms with Crippen molar-refractivity contribution < 1.29 is 28.7 Å². The Kier molecular flexibility index (Phi) is 7.34. The molecule has 0 aliphatic carbocycles. The fourth-order valence-electron chi connectivity index (χ4n) is 2.10. The molecule has 0 radical (unpaired) electrons. The van der Waals surface area contributed by atoms with Crippen molar-refractivity contribution >= 4 is 51.9 Å². The molecule has 1 aromatic heterocycles. The number of Topliss-reactive ketones (excluding diaryl/α,β-unsaturated/α-hetero) is 1. The number of thiophene rings is 1. The summed E-state index contributed by atoms with van der Waals surface area (Å²) in [4.78, 5) is 60.5. The van der Waals surface area contributed by atoms with Crippen LogP contribution in [0, 0.1) is 6.92 Å². The van der Waals surface area contributed by atoms with E-state index in [9.17, 15) is 24.0 Å². The average Bonchev–Trinajstić information content (AvgIpc) is 3.18. The highest BCUT2D eigenvalue weighted by Gasteiger charge is 2.29. The average molecular weight is 398 g/mol. The predicted octanol–water partition coefficient (Wildman–Crippen LogP) is 1.37. The van der Waals surface area contributed by atoms with Gasteiger partial charge >= 0.3 is 5.97 Å². The van der Waals surface area contributed by atoms with Crippen LogP contribution in [0.2, 0.25) is 0 Å². The summed E-state index contributed by atoms with van der Waals surface area (Å²) in [6.45, 7) is 1.59. The molecule has 26 heavy (non-hydrogen) atoms. The molecule has 10 heteroatoms. The van der Waals surface area contributed by atoms with Crippen LogP contribution < -0.4 is 5.32 Å². The van der Waals surface area contributed by atoms with Gasteiger partial charge in [0, 0.05) is 24.4 Å². The largest absolute Gasteiger partial charge is 0.456 e. The first-order valence-electron chi connectivity index (χ1n) is 7.86. The van der Waals surface area contributed by atoms with Crippen LogP contribution in [0.5, 0.6) is 0 Å². The van der Waals surface area contributed by atoms with Crippen LogP contribution in [0.1, 0.15) is 27.4 Å². The smallest absolute Gasteiger partial charge is 0.306 e. The highest BCUT2D eigenvalue weighted by Crippen LogP contribution is 2.18. The molecule has 1 aliphatic rings. The lowest BCUT2D eigenvalue weighted by molar-refractivity contribution is -0.148. The zero-order valence-corrected chi connectivity index (χ0v) is 15.7. The molecule has 3 amide bonds. The molecular formula is C16H18N2O6S2. The molecule has 1 aromatic rings. The Balaban J connectivity index is 1.59. The molecule has 0 spiro atoms. The van der Waals surface area contributed by atoms with E-state index in [2.05, 4.69) is 5.32 Å². The number of carbonyl (C=O) groups is 5. The maximum absolute atomic E-state index is 11.9. The summed E-state index contributed by atoms with van der Waals surface area (Å²) >= 11 is 2.29. The van der Waals surface area contributed by atoms with Gasteiger partial charge in [-0.3, -0.25) is 28.9 Å². The van der Waals surface area contributed by atoms with Gasteiger partial charge < -0.3 is 10.1 Å². The number of amides is 3. The Morgan fingerprint density at radius 3 is 2.62 bits per heavy atom. The molecule has 0 aromatic carbocycles. The van der Waals surface area contributed by atoms with Crippen molar-refractivity contribution in [3.63, 3.8) is 0 Å². The molecule has 140 valence electrons. The number of nitrogens with one attached hydrogen (secondary N) is 1.